The van der Waals surface area contributed by atoms with E-state index in [-0.39, 0.29) is 17.8 Å². The zero-order valence-corrected chi connectivity index (χ0v) is 11.7. The summed E-state index contributed by atoms with van der Waals surface area (Å²) in [5, 5.41) is 0. The Labute approximate surface area is 117 Å². The number of halogens is 1. The van der Waals surface area contributed by atoms with Crippen LogP contribution >= 0.6 is 11.6 Å². The van der Waals surface area contributed by atoms with Gasteiger partial charge in [0.1, 0.15) is 11.9 Å². The molecule has 4 nitrogen and oxygen atoms in total. The first kappa shape index (κ1) is 13.9. The summed E-state index contributed by atoms with van der Waals surface area (Å²) in [6.45, 7) is 4.18. The van der Waals surface area contributed by atoms with Crippen LogP contribution in [0.1, 0.15) is 17.5 Å². The van der Waals surface area contributed by atoms with E-state index in [0.29, 0.717) is 13.0 Å². The number of benzene rings is 1. The number of hydrogen-bond acceptors (Lipinski definition) is 3. The Morgan fingerprint density at radius 3 is 2.53 bits per heavy atom. The maximum absolute atomic E-state index is 12.1. The third kappa shape index (κ3) is 2.59. The lowest BCUT2D eigenvalue weighted by atomic mass is 10.0. The van der Waals surface area contributed by atoms with Gasteiger partial charge in [0, 0.05) is 6.42 Å². The SMILES string of the molecule is Cc1cccc(C)c1N(C(=O)CCl)[C@H]1CCOC1=O. The molecule has 0 aliphatic carbocycles. The van der Waals surface area contributed by atoms with Crippen molar-refractivity contribution in [1.29, 1.82) is 0 Å². The van der Waals surface area contributed by atoms with Crippen molar-refractivity contribution < 1.29 is 14.3 Å². The standard InChI is InChI=1S/C14H16ClNO3/c1-9-4-3-5-10(2)13(9)16(12(17)8-15)11-6-7-19-14(11)18/h3-5,11H,6-8H2,1-2H3/t11-/m0/s1. The van der Waals surface area contributed by atoms with Crippen LogP contribution < -0.4 is 4.90 Å². The summed E-state index contributed by atoms with van der Waals surface area (Å²) >= 11 is 5.68. The maximum Gasteiger partial charge on any atom is 0.329 e. The second-order valence-corrected chi connectivity index (χ2v) is 4.88. The summed E-state index contributed by atoms with van der Waals surface area (Å²) in [6.07, 6.45) is 0.509. The number of carbonyl (C=O) groups is 2. The van der Waals surface area contributed by atoms with Crippen molar-refractivity contribution in [2.45, 2.75) is 26.3 Å². The molecule has 1 aromatic rings. The van der Waals surface area contributed by atoms with Gasteiger partial charge in [-0.05, 0) is 25.0 Å². The fourth-order valence-electron chi connectivity index (χ4n) is 2.42. The van der Waals surface area contributed by atoms with Gasteiger partial charge in [-0.2, -0.15) is 0 Å². The van der Waals surface area contributed by atoms with E-state index in [2.05, 4.69) is 0 Å². The van der Waals surface area contributed by atoms with Crippen LogP contribution in [0, 0.1) is 13.8 Å². The number of nitrogens with zero attached hydrogens (tertiary/aromatic N) is 1. The van der Waals surface area contributed by atoms with Gasteiger partial charge in [-0.3, -0.25) is 9.69 Å². The lowest BCUT2D eigenvalue weighted by Crippen LogP contribution is -2.44. The fraction of sp³-hybridized carbons (Fsp3) is 0.429. The minimum absolute atomic E-state index is 0.155. The number of aryl methyl sites for hydroxylation is 2. The summed E-state index contributed by atoms with van der Waals surface area (Å²) in [4.78, 5) is 25.4. The molecule has 0 spiro atoms. The molecule has 0 saturated carbocycles. The first-order chi connectivity index (χ1) is 9.06. The Morgan fingerprint density at radius 1 is 1.42 bits per heavy atom. The summed E-state index contributed by atoms with van der Waals surface area (Å²) in [5.41, 5.74) is 2.65. The van der Waals surface area contributed by atoms with Crippen molar-refractivity contribution in [2.24, 2.45) is 0 Å². The molecule has 1 aliphatic rings. The van der Waals surface area contributed by atoms with Crippen molar-refractivity contribution in [3.8, 4) is 0 Å². The highest BCUT2D eigenvalue weighted by Gasteiger charge is 2.37. The van der Waals surface area contributed by atoms with E-state index < -0.39 is 6.04 Å². The molecular weight excluding hydrogens is 266 g/mol. The van der Waals surface area contributed by atoms with E-state index in [1.807, 2.05) is 32.0 Å². The highest BCUT2D eigenvalue weighted by Crippen LogP contribution is 2.29. The second-order valence-electron chi connectivity index (χ2n) is 4.61. The molecule has 5 heteroatoms. The Kier molecular flexibility index (Phi) is 4.10. The van der Waals surface area contributed by atoms with Crippen LogP contribution in [0.2, 0.25) is 0 Å². The topological polar surface area (TPSA) is 46.6 Å². The first-order valence-corrected chi connectivity index (χ1v) is 6.70. The van der Waals surface area contributed by atoms with Crippen LogP contribution in [0.4, 0.5) is 5.69 Å². The van der Waals surface area contributed by atoms with E-state index in [9.17, 15) is 9.59 Å². The number of alkyl halides is 1. The number of ether oxygens (including phenoxy) is 1. The lowest BCUT2D eigenvalue weighted by molar-refractivity contribution is -0.140. The molecule has 0 radical (unpaired) electrons. The van der Waals surface area contributed by atoms with E-state index >= 15 is 0 Å². The third-order valence-electron chi connectivity index (χ3n) is 3.28. The molecule has 1 amide bonds. The van der Waals surface area contributed by atoms with Crippen LogP contribution in [-0.2, 0) is 14.3 Å². The van der Waals surface area contributed by atoms with Gasteiger partial charge in [-0.15, -0.1) is 11.6 Å². The number of amides is 1. The molecule has 1 fully saturated rings. The average molecular weight is 282 g/mol. The molecule has 0 bridgehead atoms. The molecule has 0 aromatic heterocycles. The Hall–Kier alpha value is -1.55. The van der Waals surface area contributed by atoms with Crippen LogP contribution in [0.5, 0.6) is 0 Å². The van der Waals surface area contributed by atoms with E-state index in [4.69, 9.17) is 16.3 Å². The highest BCUT2D eigenvalue weighted by molar-refractivity contribution is 6.30. The number of anilines is 1. The molecule has 1 heterocycles. The number of hydrogen-bond donors (Lipinski definition) is 0. The van der Waals surface area contributed by atoms with E-state index in [1.165, 1.54) is 4.90 Å². The Balaban J connectivity index is 2.49. The third-order valence-corrected chi connectivity index (χ3v) is 3.51. The number of para-hydroxylation sites is 1. The lowest BCUT2D eigenvalue weighted by Gasteiger charge is -2.28. The predicted octanol–water partition coefficient (Wildman–Crippen LogP) is 2.19. The van der Waals surface area contributed by atoms with Crippen molar-refractivity contribution in [3.05, 3.63) is 29.3 Å². The number of esters is 1. The van der Waals surface area contributed by atoms with E-state index in [1.54, 1.807) is 0 Å². The average Bonchev–Trinajstić information content (AvgIpc) is 2.79. The van der Waals surface area contributed by atoms with Gasteiger partial charge in [0.15, 0.2) is 0 Å². The van der Waals surface area contributed by atoms with Crippen molar-refractivity contribution in [3.63, 3.8) is 0 Å². The summed E-state index contributed by atoms with van der Waals surface area (Å²) in [6, 6.07) is 5.18. The second kappa shape index (κ2) is 5.61. The maximum atomic E-state index is 12.1. The smallest absolute Gasteiger partial charge is 0.329 e. The van der Waals surface area contributed by atoms with Gasteiger partial charge in [0.2, 0.25) is 5.91 Å². The Bertz CT molecular complexity index is 495. The van der Waals surface area contributed by atoms with Crippen LogP contribution in [0.15, 0.2) is 18.2 Å². The number of cyclic esters (lactones) is 1. The first-order valence-electron chi connectivity index (χ1n) is 6.17. The molecule has 1 aromatic carbocycles. The van der Waals surface area contributed by atoms with Crippen molar-refractivity contribution in [1.82, 2.24) is 0 Å². The number of carbonyl (C=O) groups excluding carboxylic acids is 2. The quantitative estimate of drug-likeness (QED) is 0.630. The summed E-state index contributed by atoms with van der Waals surface area (Å²) < 4.78 is 4.97. The minimum atomic E-state index is -0.564. The molecular formula is C14H16ClNO3. The van der Waals surface area contributed by atoms with Gasteiger partial charge >= 0.3 is 5.97 Å². The van der Waals surface area contributed by atoms with Crippen LogP contribution in [-0.4, -0.2) is 30.4 Å². The van der Waals surface area contributed by atoms with E-state index in [0.717, 1.165) is 16.8 Å². The molecule has 19 heavy (non-hydrogen) atoms. The Morgan fingerprint density at radius 2 is 2.05 bits per heavy atom. The molecule has 2 rings (SSSR count). The molecule has 102 valence electrons. The largest absolute Gasteiger partial charge is 0.464 e. The summed E-state index contributed by atoms with van der Waals surface area (Å²) in [5.74, 6) is -0.790. The minimum Gasteiger partial charge on any atom is -0.464 e. The molecule has 1 aliphatic heterocycles. The molecule has 0 N–H and O–H groups in total. The van der Waals surface area contributed by atoms with Gasteiger partial charge in [0.25, 0.3) is 0 Å². The van der Waals surface area contributed by atoms with Gasteiger partial charge in [-0.1, -0.05) is 18.2 Å². The predicted molar refractivity (Wildman–Crippen MR) is 73.5 cm³/mol. The van der Waals surface area contributed by atoms with Crippen molar-refractivity contribution in [2.75, 3.05) is 17.4 Å². The monoisotopic (exact) mass is 281 g/mol. The van der Waals surface area contributed by atoms with Gasteiger partial charge < -0.3 is 4.74 Å². The normalized spacial score (nSPS) is 18.3. The molecule has 1 saturated heterocycles. The highest BCUT2D eigenvalue weighted by atomic mass is 35.5. The van der Waals surface area contributed by atoms with Crippen LogP contribution in [0.25, 0.3) is 0 Å². The zero-order chi connectivity index (χ0) is 14.0. The summed E-state index contributed by atoms with van der Waals surface area (Å²) in [7, 11) is 0. The van der Waals surface area contributed by atoms with Crippen LogP contribution in [0.3, 0.4) is 0 Å². The fourth-order valence-corrected chi connectivity index (χ4v) is 2.55. The molecule has 1 atom stereocenters. The molecule has 0 unspecified atom stereocenters. The van der Waals surface area contributed by atoms with Crippen molar-refractivity contribution >= 4 is 29.2 Å². The van der Waals surface area contributed by atoms with Gasteiger partial charge in [0.05, 0.1) is 12.3 Å². The zero-order valence-electron chi connectivity index (χ0n) is 11.0. The number of rotatable bonds is 3. The van der Waals surface area contributed by atoms with Gasteiger partial charge in [-0.25, -0.2) is 4.79 Å².